The Morgan fingerprint density at radius 3 is 2.37 bits per heavy atom. The van der Waals surface area contributed by atoms with Crippen LogP contribution in [0.2, 0.25) is 0 Å². The first-order valence-corrected chi connectivity index (χ1v) is 11.2. The maximum Gasteiger partial charge on any atom is 0.295 e. The van der Waals surface area contributed by atoms with Crippen LogP contribution < -0.4 is 4.74 Å². The second-order valence-electron chi connectivity index (χ2n) is 8.38. The molecule has 1 aliphatic rings. The molecule has 2 N–H and O–H groups in total. The number of phenolic OH excluding ortho intramolecular Hbond substituents is 1. The predicted octanol–water partition coefficient (Wildman–Crippen LogP) is 4.35. The van der Waals surface area contributed by atoms with Gasteiger partial charge in [0.25, 0.3) is 11.7 Å². The number of Topliss-reactive ketones (excluding diaryl/α,β-unsaturated/α-hetero) is 1. The maximum absolute atomic E-state index is 13.0. The highest BCUT2D eigenvalue weighted by Gasteiger charge is 2.45. The average molecular weight is 474 g/mol. The molecule has 7 heteroatoms. The Bertz CT molecular complexity index is 1250. The number of aliphatic hydroxyl groups excluding tert-OH is 1. The summed E-state index contributed by atoms with van der Waals surface area (Å²) in [7, 11) is 1.51. The molecule has 1 heterocycles. The van der Waals surface area contributed by atoms with Gasteiger partial charge < -0.3 is 24.6 Å². The van der Waals surface area contributed by atoms with E-state index in [-0.39, 0.29) is 30.2 Å². The van der Waals surface area contributed by atoms with Gasteiger partial charge >= 0.3 is 0 Å². The number of benzene rings is 3. The van der Waals surface area contributed by atoms with Gasteiger partial charge in [0.1, 0.15) is 23.9 Å². The molecule has 35 heavy (non-hydrogen) atoms. The van der Waals surface area contributed by atoms with Crippen molar-refractivity contribution in [3.05, 3.63) is 101 Å². The van der Waals surface area contributed by atoms with Crippen LogP contribution in [0.15, 0.2) is 78.4 Å². The third-order valence-corrected chi connectivity index (χ3v) is 5.90. The van der Waals surface area contributed by atoms with Gasteiger partial charge in [-0.1, -0.05) is 42.0 Å². The first kappa shape index (κ1) is 24.0. The van der Waals surface area contributed by atoms with E-state index in [2.05, 4.69) is 0 Å². The van der Waals surface area contributed by atoms with Crippen LogP contribution >= 0.6 is 0 Å². The van der Waals surface area contributed by atoms with Gasteiger partial charge in [0.2, 0.25) is 0 Å². The Balaban J connectivity index is 1.63. The van der Waals surface area contributed by atoms with Crippen molar-refractivity contribution < 1.29 is 29.3 Å². The molecule has 0 radical (unpaired) electrons. The Morgan fingerprint density at radius 1 is 1.00 bits per heavy atom. The van der Waals surface area contributed by atoms with Crippen molar-refractivity contribution in [2.75, 3.05) is 20.3 Å². The second-order valence-corrected chi connectivity index (χ2v) is 8.38. The lowest BCUT2D eigenvalue weighted by atomic mass is 9.95. The number of hydrogen-bond acceptors (Lipinski definition) is 6. The number of hydrogen-bond donors (Lipinski definition) is 2. The van der Waals surface area contributed by atoms with Crippen molar-refractivity contribution in [3.63, 3.8) is 0 Å². The zero-order valence-electron chi connectivity index (χ0n) is 19.6. The van der Waals surface area contributed by atoms with Crippen LogP contribution in [0.3, 0.4) is 0 Å². The fourth-order valence-corrected chi connectivity index (χ4v) is 4.14. The van der Waals surface area contributed by atoms with Gasteiger partial charge in [-0.2, -0.15) is 0 Å². The van der Waals surface area contributed by atoms with E-state index in [1.807, 2.05) is 31.2 Å². The zero-order chi connectivity index (χ0) is 24.9. The first-order valence-electron chi connectivity index (χ1n) is 11.2. The summed E-state index contributed by atoms with van der Waals surface area (Å²) in [5.74, 6) is -1.08. The van der Waals surface area contributed by atoms with Crippen LogP contribution in [0.4, 0.5) is 0 Å². The number of methoxy groups -OCH3 is 1. The van der Waals surface area contributed by atoms with Crippen molar-refractivity contribution in [3.8, 4) is 11.5 Å². The minimum Gasteiger partial charge on any atom is -0.508 e. The molecule has 7 nitrogen and oxygen atoms in total. The molecular formula is C28H27NO6. The molecular weight excluding hydrogens is 446 g/mol. The third kappa shape index (κ3) is 5.20. The second kappa shape index (κ2) is 10.4. The number of ether oxygens (including phenoxy) is 2. The molecule has 4 rings (SSSR count). The summed E-state index contributed by atoms with van der Waals surface area (Å²) in [6.45, 7) is 2.83. The van der Waals surface area contributed by atoms with Gasteiger partial charge in [0, 0.05) is 19.2 Å². The summed E-state index contributed by atoms with van der Waals surface area (Å²) in [5.41, 5.74) is 3.17. The van der Waals surface area contributed by atoms with Gasteiger partial charge in [0.05, 0.1) is 18.2 Å². The number of phenols is 1. The van der Waals surface area contributed by atoms with Gasteiger partial charge in [-0.3, -0.25) is 9.59 Å². The van der Waals surface area contributed by atoms with E-state index in [0.717, 1.165) is 11.1 Å². The summed E-state index contributed by atoms with van der Waals surface area (Å²) in [5, 5.41) is 20.8. The average Bonchev–Trinajstić information content (AvgIpc) is 3.11. The Hall–Kier alpha value is -4.10. The minimum atomic E-state index is -0.803. The van der Waals surface area contributed by atoms with E-state index in [1.54, 1.807) is 36.4 Å². The molecule has 1 atom stereocenters. The van der Waals surface area contributed by atoms with Gasteiger partial charge in [-0.15, -0.1) is 0 Å². The molecule has 0 bridgehead atoms. The number of nitrogens with zero attached hydrogens (tertiary/aromatic N) is 1. The Kier molecular flexibility index (Phi) is 7.17. The minimum absolute atomic E-state index is 0.00905. The summed E-state index contributed by atoms with van der Waals surface area (Å²) < 4.78 is 11.0. The number of carbonyl (C=O) groups is 2. The lowest BCUT2D eigenvalue weighted by Gasteiger charge is -2.25. The topological polar surface area (TPSA) is 96.3 Å². The largest absolute Gasteiger partial charge is 0.508 e. The van der Waals surface area contributed by atoms with E-state index in [9.17, 15) is 19.8 Å². The monoisotopic (exact) mass is 473 g/mol. The van der Waals surface area contributed by atoms with Crippen molar-refractivity contribution in [1.82, 2.24) is 4.90 Å². The number of ketones is 1. The van der Waals surface area contributed by atoms with E-state index < -0.39 is 17.7 Å². The highest BCUT2D eigenvalue weighted by atomic mass is 16.5. The number of aryl methyl sites for hydroxylation is 1. The number of aromatic hydroxyl groups is 1. The van der Waals surface area contributed by atoms with Crippen molar-refractivity contribution >= 4 is 17.4 Å². The fraction of sp³-hybridized carbons (Fsp3) is 0.214. The highest BCUT2D eigenvalue weighted by Crippen LogP contribution is 2.39. The van der Waals surface area contributed by atoms with Crippen LogP contribution in [0.1, 0.15) is 28.3 Å². The number of carbonyl (C=O) groups excluding carboxylic acids is 2. The van der Waals surface area contributed by atoms with Crippen LogP contribution in [-0.2, 0) is 20.9 Å². The normalized spacial score (nSPS) is 17.1. The fourth-order valence-electron chi connectivity index (χ4n) is 4.14. The molecule has 0 saturated carbocycles. The predicted molar refractivity (Wildman–Crippen MR) is 131 cm³/mol. The lowest BCUT2D eigenvalue weighted by Crippen LogP contribution is -2.32. The Labute approximate surface area is 203 Å². The number of likely N-dealkylation sites (tertiary alicyclic amines) is 1. The zero-order valence-corrected chi connectivity index (χ0v) is 19.6. The molecule has 1 amide bonds. The first-order chi connectivity index (χ1) is 16.9. The summed E-state index contributed by atoms with van der Waals surface area (Å²) in [6, 6.07) is 20.2. The highest BCUT2D eigenvalue weighted by molar-refractivity contribution is 6.46. The summed E-state index contributed by atoms with van der Waals surface area (Å²) in [6.07, 6.45) is 0. The molecule has 3 aromatic carbocycles. The van der Waals surface area contributed by atoms with E-state index >= 15 is 0 Å². The van der Waals surface area contributed by atoms with Crippen LogP contribution in [-0.4, -0.2) is 47.1 Å². The van der Waals surface area contributed by atoms with Crippen LogP contribution in [0.25, 0.3) is 5.76 Å². The molecule has 1 saturated heterocycles. The Morgan fingerprint density at radius 2 is 1.71 bits per heavy atom. The standard InChI is InChI=1S/C28H27NO6/c1-18-4-3-5-19(16-18)17-35-23-12-8-21(9-13-23)26(31)24-25(20-6-10-22(30)11-7-20)29(14-15-34-2)28(33)27(24)32/h3-13,16,25,30-31H,14-15,17H2,1-2H3/b26-24+. The number of aliphatic hydroxyl groups is 1. The maximum atomic E-state index is 13.0. The number of rotatable bonds is 8. The smallest absolute Gasteiger partial charge is 0.295 e. The van der Waals surface area contributed by atoms with Crippen molar-refractivity contribution in [1.29, 1.82) is 0 Å². The van der Waals surface area contributed by atoms with E-state index in [0.29, 0.717) is 23.5 Å². The van der Waals surface area contributed by atoms with Crippen molar-refractivity contribution in [2.24, 2.45) is 0 Å². The van der Waals surface area contributed by atoms with Gasteiger partial charge in [0.15, 0.2) is 0 Å². The summed E-state index contributed by atoms with van der Waals surface area (Å²) in [4.78, 5) is 27.2. The van der Waals surface area contributed by atoms with E-state index in [1.165, 1.54) is 24.1 Å². The molecule has 0 aliphatic carbocycles. The molecule has 3 aromatic rings. The SMILES string of the molecule is COCCN1C(=O)C(=O)/C(=C(/O)c2ccc(OCc3cccc(C)c3)cc2)C1c1ccc(O)cc1. The number of amides is 1. The van der Waals surface area contributed by atoms with Gasteiger partial charge in [-0.25, -0.2) is 0 Å². The van der Waals surface area contributed by atoms with Crippen molar-refractivity contribution in [2.45, 2.75) is 19.6 Å². The molecule has 1 unspecified atom stereocenters. The molecule has 0 spiro atoms. The van der Waals surface area contributed by atoms with Crippen LogP contribution in [0, 0.1) is 6.92 Å². The molecule has 0 aromatic heterocycles. The summed E-state index contributed by atoms with van der Waals surface area (Å²) >= 11 is 0. The third-order valence-electron chi connectivity index (χ3n) is 5.90. The lowest BCUT2D eigenvalue weighted by molar-refractivity contribution is -0.140. The molecule has 180 valence electrons. The quantitative estimate of drug-likeness (QED) is 0.287. The molecule has 1 fully saturated rings. The van der Waals surface area contributed by atoms with Gasteiger partial charge in [-0.05, 0) is 54.4 Å². The molecule has 1 aliphatic heterocycles. The van der Waals surface area contributed by atoms with Crippen LogP contribution in [0.5, 0.6) is 11.5 Å². The van der Waals surface area contributed by atoms with E-state index in [4.69, 9.17) is 9.47 Å².